The molecule has 2 aromatic rings. The number of thioether (sulfide) groups is 1. The van der Waals surface area contributed by atoms with Gasteiger partial charge in [0.25, 0.3) is 0 Å². The molecular weight excluding hydrogens is 380 g/mol. The number of nitriles is 1. The summed E-state index contributed by atoms with van der Waals surface area (Å²) in [7, 11) is 1.67. The topological polar surface area (TPSA) is 80.0 Å². The van der Waals surface area contributed by atoms with Crippen LogP contribution in [0.4, 0.5) is 0 Å². The summed E-state index contributed by atoms with van der Waals surface area (Å²) in [4.78, 5) is 14.2. The molecular formula is C23H24N4OS. The molecule has 5 nitrogen and oxygen atoms in total. The van der Waals surface area contributed by atoms with Gasteiger partial charge in [-0.2, -0.15) is 17.0 Å². The Balaban J connectivity index is 1.84. The van der Waals surface area contributed by atoms with Crippen LogP contribution in [0.25, 0.3) is 11.1 Å². The van der Waals surface area contributed by atoms with Gasteiger partial charge < -0.3 is 5.32 Å². The highest BCUT2D eigenvalue weighted by molar-refractivity contribution is 8.01. The van der Waals surface area contributed by atoms with E-state index < -0.39 is 5.54 Å². The fourth-order valence-corrected chi connectivity index (χ4v) is 6.09. The van der Waals surface area contributed by atoms with E-state index >= 15 is 0 Å². The monoisotopic (exact) mass is 404 g/mol. The SMILES string of the molecule is CN1C(=N)NC(C)(c2cccc(-c3cccc(C#N)c3)c2)C2(CCCS2)CC1=O. The fraction of sp³-hybridized carbons (Fsp3) is 0.348. The molecule has 2 aliphatic heterocycles. The third-order valence-corrected chi connectivity index (χ3v) is 8.10. The summed E-state index contributed by atoms with van der Waals surface area (Å²) in [5.74, 6) is 1.14. The number of carbonyl (C=O) groups excluding carboxylic acids is 1. The molecule has 2 N–H and O–H groups in total. The molecule has 148 valence electrons. The lowest BCUT2D eigenvalue weighted by Crippen LogP contribution is -2.56. The number of carbonyl (C=O) groups is 1. The summed E-state index contributed by atoms with van der Waals surface area (Å²) in [6.45, 7) is 2.12. The van der Waals surface area contributed by atoms with E-state index in [0.717, 1.165) is 35.3 Å². The summed E-state index contributed by atoms with van der Waals surface area (Å²) in [5, 5.41) is 21.1. The highest BCUT2D eigenvalue weighted by atomic mass is 32.2. The van der Waals surface area contributed by atoms with Gasteiger partial charge in [0.2, 0.25) is 5.91 Å². The first-order chi connectivity index (χ1) is 13.9. The Hall–Kier alpha value is -2.78. The van der Waals surface area contributed by atoms with Crippen LogP contribution in [-0.2, 0) is 10.3 Å². The van der Waals surface area contributed by atoms with E-state index in [1.165, 1.54) is 4.90 Å². The van der Waals surface area contributed by atoms with Crippen molar-refractivity contribution in [3.63, 3.8) is 0 Å². The number of nitrogens with zero attached hydrogens (tertiary/aromatic N) is 2. The Morgan fingerprint density at radius 3 is 2.62 bits per heavy atom. The Labute approximate surface area is 175 Å². The molecule has 0 bridgehead atoms. The highest BCUT2D eigenvalue weighted by Gasteiger charge is 2.55. The van der Waals surface area contributed by atoms with Gasteiger partial charge in [0.15, 0.2) is 5.96 Å². The molecule has 1 amide bonds. The molecule has 2 saturated heterocycles. The number of amides is 1. The van der Waals surface area contributed by atoms with Gasteiger partial charge in [-0.1, -0.05) is 30.3 Å². The lowest BCUT2D eigenvalue weighted by atomic mass is 9.74. The molecule has 2 heterocycles. The molecule has 2 fully saturated rings. The maximum Gasteiger partial charge on any atom is 0.230 e. The fourth-order valence-electron chi connectivity index (χ4n) is 4.44. The van der Waals surface area contributed by atoms with Gasteiger partial charge in [-0.05, 0) is 60.4 Å². The van der Waals surface area contributed by atoms with Crippen molar-refractivity contribution < 1.29 is 4.79 Å². The van der Waals surface area contributed by atoms with Crippen molar-refractivity contribution in [3.8, 4) is 17.2 Å². The van der Waals surface area contributed by atoms with E-state index in [1.54, 1.807) is 13.1 Å². The number of hydrogen-bond donors (Lipinski definition) is 2. The Morgan fingerprint density at radius 1 is 1.21 bits per heavy atom. The lowest BCUT2D eigenvalue weighted by Gasteiger charge is -2.45. The summed E-state index contributed by atoms with van der Waals surface area (Å²) < 4.78 is -0.297. The van der Waals surface area contributed by atoms with Gasteiger partial charge in [-0.3, -0.25) is 15.1 Å². The van der Waals surface area contributed by atoms with Crippen molar-refractivity contribution in [2.75, 3.05) is 12.8 Å². The third-order valence-electron chi connectivity index (χ3n) is 6.29. The molecule has 4 rings (SSSR count). The second-order valence-electron chi connectivity index (χ2n) is 7.95. The third kappa shape index (κ3) is 3.20. The lowest BCUT2D eigenvalue weighted by molar-refractivity contribution is -0.127. The molecule has 0 aromatic heterocycles. The average Bonchev–Trinajstić information content (AvgIpc) is 3.20. The minimum Gasteiger partial charge on any atom is -0.345 e. The summed E-state index contributed by atoms with van der Waals surface area (Å²) in [6.07, 6.45) is 2.41. The zero-order valence-corrected chi connectivity index (χ0v) is 17.5. The predicted molar refractivity (Wildman–Crippen MR) is 117 cm³/mol. The van der Waals surface area contributed by atoms with E-state index in [9.17, 15) is 10.1 Å². The van der Waals surface area contributed by atoms with E-state index in [-0.39, 0.29) is 16.6 Å². The molecule has 6 heteroatoms. The van der Waals surface area contributed by atoms with Crippen LogP contribution in [0.15, 0.2) is 48.5 Å². The molecule has 2 aromatic carbocycles. The number of benzene rings is 2. The van der Waals surface area contributed by atoms with Crippen LogP contribution in [0.1, 0.15) is 37.3 Å². The van der Waals surface area contributed by atoms with Gasteiger partial charge in [-0.15, -0.1) is 0 Å². The molecule has 2 aliphatic rings. The van der Waals surface area contributed by atoms with Gasteiger partial charge in [0, 0.05) is 13.5 Å². The zero-order chi connectivity index (χ0) is 20.6. The predicted octanol–water partition coefficient (Wildman–Crippen LogP) is 4.09. The summed E-state index contributed by atoms with van der Waals surface area (Å²) >= 11 is 1.85. The second kappa shape index (κ2) is 7.23. The zero-order valence-electron chi connectivity index (χ0n) is 16.7. The molecule has 1 spiro atoms. The smallest absolute Gasteiger partial charge is 0.230 e. The van der Waals surface area contributed by atoms with Gasteiger partial charge in [0.05, 0.1) is 21.9 Å². The van der Waals surface area contributed by atoms with Crippen molar-refractivity contribution in [1.29, 1.82) is 10.7 Å². The van der Waals surface area contributed by atoms with Crippen LogP contribution in [0.3, 0.4) is 0 Å². The van der Waals surface area contributed by atoms with Crippen molar-refractivity contribution in [1.82, 2.24) is 10.2 Å². The Kier molecular flexibility index (Phi) is 4.87. The average molecular weight is 405 g/mol. The van der Waals surface area contributed by atoms with Crippen molar-refractivity contribution in [2.45, 2.75) is 36.5 Å². The minimum absolute atomic E-state index is 0.0153. The Morgan fingerprint density at radius 2 is 1.93 bits per heavy atom. The number of nitrogens with one attached hydrogen (secondary N) is 2. The largest absolute Gasteiger partial charge is 0.345 e. The quantitative estimate of drug-likeness (QED) is 0.790. The van der Waals surface area contributed by atoms with Gasteiger partial charge in [0.1, 0.15) is 0 Å². The molecule has 2 atom stereocenters. The van der Waals surface area contributed by atoms with E-state index in [0.29, 0.717) is 12.0 Å². The Bertz CT molecular complexity index is 1020. The number of guanidine groups is 1. The highest BCUT2D eigenvalue weighted by Crippen LogP contribution is 2.54. The van der Waals surface area contributed by atoms with Crippen molar-refractivity contribution in [2.24, 2.45) is 0 Å². The first kappa shape index (κ1) is 19.5. The van der Waals surface area contributed by atoms with E-state index in [1.807, 2.05) is 42.1 Å². The normalized spacial score (nSPS) is 26.9. The van der Waals surface area contributed by atoms with E-state index in [2.05, 4.69) is 30.4 Å². The molecule has 0 radical (unpaired) electrons. The van der Waals surface area contributed by atoms with E-state index in [4.69, 9.17) is 5.41 Å². The summed E-state index contributed by atoms with van der Waals surface area (Å²) in [5.41, 5.74) is 3.13. The minimum atomic E-state index is -0.561. The van der Waals surface area contributed by atoms with Crippen LogP contribution >= 0.6 is 11.8 Å². The maximum atomic E-state index is 12.8. The van der Waals surface area contributed by atoms with Gasteiger partial charge >= 0.3 is 0 Å². The molecule has 0 saturated carbocycles. The van der Waals surface area contributed by atoms with Crippen molar-refractivity contribution >= 4 is 23.6 Å². The second-order valence-corrected chi connectivity index (χ2v) is 9.43. The first-order valence-electron chi connectivity index (χ1n) is 9.77. The molecule has 2 unspecified atom stereocenters. The van der Waals surface area contributed by atoms with Crippen LogP contribution in [0.5, 0.6) is 0 Å². The number of hydrogen-bond acceptors (Lipinski definition) is 4. The van der Waals surface area contributed by atoms with Crippen LogP contribution < -0.4 is 5.32 Å². The number of rotatable bonds is 2. The van der Waals surface area contributed by atoms with Crippen LogP contribution in [0, 0.1) is 16.7 Å². The maximum absolute atomic E-state index is 12.8. The molecule has 0 aliphatic carbocycles. The molecule has 29 heavy (non-hydrogen) atoms. The van der Waals surface area contributed by atoms with Crippen LogP contribution in [0.2, 0.25) is 0 Å². The van der Waals surface area contributed by atoms with Crippen molar-refractivity contribution in [3.05, 3.63) is 59.7 Å². The summed E-state index contributed by atoms with van der Waals surface area (Å²) in [6, 6.07) is 18.1. The van der Waals surface area contributed by atoms with Crippen LogP contribution in [-0.4, -0.2) is 34.3 Å². The standard InChI is InChI=1S/C23H24N4OS/c1-22(23(10-5-11-29-23)14-20(28)27(2)21(25)26-22)19-9-4-8-18(13-19)17-7-3-6-16(12-17)15-24/h3-4,6-9,12-13H,5,10-11,14H2,1-2H3,(H2,25,26). The van der Waals surface area contributed by atoms with Gasteiger partial charge in [-0.25, -0.2) is 0 Å². The first-order valence-corrected chi connectivity index (χ1v) is 10.8.